The zero-order valence-corrected chi connectivity index (χ0v) is 12.6. The van der Waals surface area contributed by atoms with Gasteiger partial charge in [-0.3, -0.25) is 16.0 Å². The highest BCUT2D eigenvalue weighted by Gasteiger charge is 2.24. The smallest absolute Gasteiger partial charge is 0.113 e. The van der Waals surface area contributed by atoms with Crippen LogP contribution in [0.4, 0.5) is 0 Å². The van der Waals surface area contributed by atoms with Gasteiger partial charge in [0, 0.05) is 16.6 Å². The highest BCUT2D eigenvalue weighted by atomic mass is 15.3. The van der Waals surface area contributed by atoms with Gasteiger partial charge in [0.15, 0.2) is 0 Å². The Balaban J connectivity index is 4.53. The highest BCUT2D eigenvalue weighted by molar-refractivity contribution is 4.84. The molecule has 0 radical (unpaired) electrons. The maximum atomic E-state index is 3.55. The molecule has 16 heavy (non-hydrogen) atoms. The molecule has 0 aliphatic rings. The Kier molecular flexibility index (Phi) is 4.99. The number of rotatable bonds is 3. The van der Waals surface area contributed by atoms with Crippen LogP contribution >= 0.6 is 0 Å². The molecule has 3 heteroatoms. The summed E-state index contributed by atoms with van der Waals surface area (Å²) in [5, 5.41) is 10.6. The van der Waals surface area contributed by atoms with Gasteiger partial charge in [0.1, 0.15) is 6.29 Å². The van der Waals surface area contributed by atoms with Crippen molar-refractivity contribution in [2.24, 2.45) is 0 Å². The molecule has 0 spiro atoms. The highest BCUT2D eigenvalue weighted by Crippen LogP contribution is 2.07. The molecule has 0 atom stereocenters. The van der Waals surface area contributed by atoms with Gasteiger partial charge in [-0.1, -0.05) is 0 Å². The van der Waals surface area contributed by atoms with Crippen LogP contribution in [-0.2, 0) is 0 Å². The molecule has 0 unspecified atom stereocenters. The molecular formula is C13H31N3. The Labute approximate surface area is 102 Å². The Bertz CT molecular complexity index is 165. The zero-order chi connectivity index (χ0) is 13.2. The van der Waals surface area contributed by atoms with Crippen LogP contribution in [0.2, 0.25) is 0 Å². The fraction of sp³-hybridized carbons (Fsp3) is 1.00. The molecule has 0 saturated carbocycles. The van der Waals surface area contributed by atoms with E-state index in [1.165, 1.54) is 0 Å². The van der Waals surface area contributed by atoms with Crippen molar-refractivity contribution in [1.29, 1.82) is 0 Å². The molecule has 0 fully saturated rings. The Morgan fingerprint density at radius 2 is 0.688 bits per heavy atom. The monoisotopic (exact) mass is 229 g/mol. The first kappa shape index (κ1) is 15.9. The molecule has 0 saturated heterocycles. The lowest BCUT2D eigenvalue weighted by Crippen LogP contribution is -2.66. The van der Waals surface area contributed by atoms with Gasteiger partial charge in [-0.15, -0.1) is 0 Å². The van der Waals surface area contributed by atoms with Gasteiger partial charge in [0.25, 0.3) is 0 Å². The van der Waals surface area contributed by atoms with E-state index < -0.39 is 0 Å². The summed E-state index contributed by atoms with van der Waals surface area (Å²) in [4.78, 5) is 0. The van der Waals surface area contributed by atoms with E-state index in [1.54, 1.807) is 0 Å². The number of hydrogen-bond acceptors (Lipinski definition) is 3. The zero-order valence-electron chi connectivity index (χ0n) is 12.6. The molecule has 3 N–H and O–H groups in total. The Morgan fingerprint density at radius 3 is 0.812 bits per heavy atom. The lowest BCUT2D eigenvalue weighted by Gasteiger charge is -2.38. The maximum Gasteiger partial charge on any atom is 0.113 e. The van der Waals surface area contributed by atoms with Gasteiger partial charge >= 0.3 is 0 Å². The summed E-state index contributed by atoms with van der Waals surface area (Å²) in [6.45, 7) is 19.6. The third-order valence-corrected chi connectivity index (χ3v) is 1.73. The summed E-state index contributed by atoms with van der Waals surface area (Å²) in [6, 6.07) is 0. The van der Waals surface area contributed by atoms with Crippen LogP contribution in [0.15, 0.2) is 0 Å². The van der Waals surface area contributed by atoms with E-state index in [1.807, 2.05) is 0 Å². The Hall–Kier alpha value is -0.120. The summed E-state index contributed by atoms with van der Waals surface area (Å²) in [6.07, 6.45) is 0.111. The second-order valence-corrected chi connectivity index (χ2v) is 7.62. The average molecular weight is 229 g/mol. The Morgan fingerprint density at radius 1 is 0.500 bits per heavy atom. The second kappa shape index (κ2) is 5.03. The third kappa shape index (κ3) is 10.4. The SMILES string of the molecule is CC(C)(C)NC(NC(C)(C)C)NC(C)(C)C. The molecule has 0 aromatic heterocycles. The first-order valence-electron chi connectivity index (χ1n) is 6.12. The van der Waals surface area contributed by atoms with Crippen molar-refractivity contribution in [3.63, 3.8) is 0 Å². The molecule has 0 rings (SSSR count). The first-order valence-corrected chi connectivity index (χ1v) is 6.12. The molecule has 0 heterocycles. The van der Waals surface area contributed by atoms with Crippen LogP contribution in [0, 0.1) is 0 Å². The topological polar surface area (TPSA) is 36.1 Å². The number of hydrogen-bond donors (Lipinski definition) is 3. The summed E-state index contributed by atoms with van der Waals surface area (Å²) in [7, 11) is 0. The van der Waals surface area contributed by atoms with Crippen LogP contribution in [0.5, 0.6) is 0 Å². The van der Waals surface area contributed by atoms with Crippen molar-refractivity contribution >= 4 is 0 Å². The minimum atomic E-state index is 0.0845. The van der Waals surface area contributed by atoms with Crippen molar-refractivity contribution < 1.29 is 0 Å². The lowest BCUT2D eigenvalue weighted by atomic mass is 10.1. The summed E-state index contributed by atoms with van der Waals surface area (Å²) in [5.74, 6) is 0. The quantitative estimate of drug-likeness (QED) is 0.651. The van der Waals surface area contributed by atoms with E-state index in [2.05, 4.69) is 78.3 Å². The molecule has 0 aromatic carbocycles. The second-order valence-electron chi connectivity index (χ2n) is 7.62. The minimum Gasteiger partial charge on any atom is -0.285 e. The van der Waals surface area contributed by atoms with E-state index in [-0.39, 0.29) is 22.9 Å². The molecule has 98 valence electrons. The van der Waals surface area contributed by atoms with E-state index in [4.69, 9.17) is 0 Å². The van der Waals surface area contributed by atoms with E-state index in [0.717, 1.165) is 0 Å². The molecule has 0 bridgehead atoms. The van der Waals surface area contributed by atoms with Gasteiger partial charge in [-0.05, 0) is 62.3 Å². The number of nitrogens with one attached hydrogen (secondary N) is 3. The van der Waals surface area contributed by atoms with Gasteiger partial charge in [0.2, 0.25) is 0 Å². The third-order valence-electron chi connectivity index (χ3n) is 1.73. The van der Waals surface area contributed by atoms with E-state index in [0.29, 0.717) is 0 Å². The van der Waals surface area contributed by atoms with Crippen LogP contribution in [0.1, 0.15) is 62.3 Å². The summed E-state index contributed by atoms with van der Waals surface area (Å²) < 4.78 is 0. The largest absolute Gasteiger partial charge is 0.285 e. The molecule has 0 aliphatic heterocycles. The molecule has 0 aromatic rings. The van der Waals surface area contributed by atoms with Gasteiger partial charge in [-0.2, -0.15) is 0 Å². The van der Waals surface area contributed by atoms with Crippen molar-refractivity contribution in [1.82, 2.24) is 16.0 Å². The molecule has 0 amide bonds. The molecular weight excluding hydrogens is 198 g/mol. The standard InChI is InChI=1S/C13H31N3/c1-11(2,3)14-10(15-12(4,5)6)16-13(7,8)9/h10,14-16H,1-9H3. The van der Waals surface area contributed by atoms with Crippen molar-refractivity contribution in [2.75, 3.05) is 0 Å². The lowest BCUT2D eigenvalue weighted by molar-refractivity contribution is 0.192. The fourth-order valence-electron chi connectivity index (χ4n) is 1.41. The maximum absolute atomic E-state index is 3.55. The fourth-order valence-corrected chi connectivity index (χ4v) is 1.41. The van der Waals surface area contributed by atoms with E-state index >= 15 is 0 Å². The predicted molar refractivity (Wildman–Crippen MR) is 72.5 cm³/mol. The van der Waals surface area contributed by atoms with Crippen LogP contribution in [0.3, 0.4) is 0 Å². The summed E-state index contributed by atoms with van der Waals surface area (Å²) in [5.41, 5.74) is 0.253. The average Bonchev–Trinajstić information content (AvgIpc) is 1.70. The van der Waals surface area contributed by atoms with E-state index in [9.17, 15) is 0 Å². The molecule has 3 nitrogen and oxygen atoms in total. The van der Waals surface area contributed by atoms with Crippen molar-refractivity contribution in [2.45, 2.75) is 85.2 Å². The summed E-state index contributed by atoms with van der Waals surface area (Å²) >= 11 is 0. The van der Waals surface area contributed by atoms with Gasteiger partial charge in [0.05, 0.1) is 0 Å². The van der Waals surface area contributed by atoms with Crippen molar-refractivity contribution in [3.8, 4) is 0 Å². The molecule has 0 aliphatic carbocycles. The van der Waals surface area contributed by atoms with Crippen LogP contribution in [-0.4, -0.2) is 22.9 Å². The van der Waals surface area contributed by atoms with Gasteiger partial charge < -0.3 is 0 Å². The first-order chi connectivity index (χ1) is 6.79. The minimum absolute atomic E-state index is 0.0845. The predicted octanol–water partition coefficient (Wildman–Crippen LogP) is 2.43. The normalized spacial score (nSPS) is 14.6. The van der Waals surface area contributed by atoms with Crippen LogP contribution < -0.4 is 16.0 Å². The van der Waals surface area contributed by atoms with Gasteiger partial charge in [-0.25, -0.2) is 0 Å². The van der Waals surface area contributed by atoms with Crippen molar-refractivity contribution in [3.05, 3.63) is 0 Å². The van der Waals surface area contributed by atoms with Crippen LogP contribution in [0.25, 0.3) is 0 Å².